The predicted molar refractivity (Wildman–Crippen MR) is 43.0 cm³/mol. The average molecular weight is 183 g/mol. The molecule has 4 nitrogen and oxygen atoms in total. The van der Waals surface area contributed by atoms with Crippen LogP contribution in [0.15, 0.2) is 4.99 Å². The molecule has 0 aromatic rings. The highest BCUT2D eigenvalue weighted by Gasteiger charge is 2.12. The quantitative estimate of drug-likeness (QED) is 0.367. The van der Waals surface area contributed by atoms with Crippen molar-refractivity contribution in [2.24, 2.45) is 4.99 Å². The Morgan fingerprint density at radius 2 is 2.20 bits per heavy atom. The Balaban J connectivity index is 4.54. The Morgan fingerprint density at radius 1 is 1.70 bits per heavy atom. The number of hydrogen-bond acceptors (Lipinski definition) is 4. The molecule has 0 amide bonds. The van der Waals surface area contributed by atoms with Crippen molar-refractivity contribution in [2.45, 2.75) is 6.92 Å². The lowest BCUT2D eigenvalue weighted by atomic mass is 10.8. The fraction of sp³-hybridized carbons (Fsp3) is 0.750. The maximum absolute atomic E-state index is 10.4. The van der Waals surface area contributed by atoms with Crippen LogP contribution in [-0.2, 0) is 10.1 Å². The van der Waals surface area contributed by atoms with Crippen LogP contribution < -0.4 is 0 Å². The summed E-state index contributed by atoms with van der Waals surface area (Å²) in [7, 11) is -4.06. The Hall–Kier alpha value is -0.0700. The molecule has 10 heavy (non-hydrogen) atoms. The van der Waals surface area contributed by atoms with Gasteiger partial charge in [0.15, 0.2) is 0 Å². The lowest BCUT2D eigenvalue weighted by Gasteiger charge is -1.95. The van der Waals surface area contributed by atoms with Gasteiger partial charge in [0.25, 0.3) is 0 Å². The third-order valence-electron chi connectivity index (χ3n) is 0.683. The second kappa shape index (κ2) is 3.95. The van der Waals surface area contributed by atoms with Crippen molar-refractivity contribution in [3.8, 4) is 0 Å². The molecule has 0 atom stereocenters. The van der Waals surface area contributed by atoms with Gasteiger partial charge in [0.05, 0.1) is 0 Å². The summed E-state index contributed by atoms with van der Waals surface area (Å²) < 4.78 is 28.9. The van der Waals surface area contributed by atoms with E-state index in [4.69, 9.17) is 4.55 Å². The molecule has 0 unspecified atom stereocenters. The largest absolute Gasteiger partial charge is 0.318 e. The van der Waals surface area contributed by atoms with Crippen LogP contribution in [-0.4, -0.2) is 30.1 Å². The van der Waals surface area contributed by atoms with E-state index in [1.807, 2.05) is 0 Å². The second-order valence-corrected chi connectivity index (χ2v) is 3.81. The molecule has 0 aromatic carbocycles. The molecule has 0 spiro atoms. The molecule has 0 saturated carbocycles. The molecular weight excluding hydrogens is 174 g/mol. The topological polar surface area (TPSA) is 66.7 Å². The van der Waals surface area contributed by atoms with E-state index >= 15 is 0 Å². The van der Waals surface area contributed by atoms with Crippen molar-refractivity contribution < 1.29 is 13.0 Å². The van der Waals surface area contributed by atoms with E-state index in [1.165, 1.54) is 0 Å². The third kappa shape index (κ3) is 3.19. The first-order valence-electron chi connectivity index (χ1n) is 2.58. The normalized spacial score (nSPS) is 13.7. The molecule has 0 aliphatic carbocycles. The Bertz CT molecular complexity index is 219. The minimum absolute atomic E-state index is 0.227. The second-order valence-electron chi connectivity index (χ2n) is 1.42. The van der Waals surface area contributed by atoms with Crippen molar-refractivity contribution in [1.82, 2.24) is 0 Å². The molecule has 0 aliphatic heterocycles. The highest BCUT2D eigenvalue weighted by Crippen LogP contribution is 2.04. The van der Waals surface area contributed by atoms with Gasteiger partial charge in [0.2, 0.25) is 4.38 Å². The van der Waals surface area contributed by atoms with E-state index in [2.05, 4.69) is 4.99 Å². The molecule has 0 heterocycles. The molecule has 0 rings (SSSR count). The zero-order valence-electron chi connectivity index (χ0n) is 5.73. The number of nitrogens with zero attached hydrogens (tertiary/aromatic N) is 1. The highest BCUT2D eigenvalue weighted by molar-refractivity contribution is 8.33. The van der Waals surface area contributed by atoms with Gasteiger partial charge in [0.1, 0.15) is 0 Å². The van der Waals surface area contributed by atoms with Gasteiger partial charge >= 0.3 is 10.1 Å². The fourth-order valence-electron chi connectivity index (χ4n) is 0.381. The maximum atomic E-state index is 10.4. The number of hydrogen-bond donors (Lipinski definition) is 1. The van der Waals surface area contributed by atoms with Crippen molar-refractivity contribution in [1.29, 1.82) is 0 Å². The van der Waals surface area contributed by atoms with Gasteiger partial charge in [-0.25, -0.2) is 0 Å². The first-order chi connectivity index (χ1) is 4.52. The van der Waals surface area contributed by atoms with Crippen LogP contribution in [0.5, 0.6) is 0 Å². The molecule has 0 aromatic heterocycles. The monoisotopic (exact) mass is 183 g/mol. The average Bonchev–Trinajstić information content (AvgIpc) is 1.80. The molecule has 0 saturated heterocycles. The van der Waals surface area contributed by atoms with Crippen molar-refractivity contribution in [2.75, 3.05) is 12.8 Å². The first kappa shape index (κ1) is 9.93. The summed E-state index contributed by atoms with van der Waals surface area (Å²) in [5.74, 6) is 0. The zero-order valence-corrected chi connectivity index (χ0v) is 7.37. The van der Waals surface area contributed by atoms with E-state index in [0.717, 1.165) is 11.8 Å². The molecular formula is C4H9NO3S2. The summed E-state index contributed by atoms with van der Waals surface area (Å²) in [5, 5.41) is 0. The highest BCUT2D eigenvalue weighted by atomic mass is 32.3. The van der Waals surface area contributed by atoms with Crippen LogP contribution in [0.3, 0.4) is 0 Å². The van der Waals surface area contributed by atoms with E-state index in [0.29, 0.717) is 6.54 Å². The van der Waals surface area contributed by atoms with Crippen LogP contribution in [0, 0.1) is 0 Å². The van der Waals surface area contributed by atoms with Crippen LogP contribution in [0.4, 0.5) is 0 Å². The Labute approximate surface area is 64.5 Å². The zero-order chi connectivity index (χ0) is 8.20. The van der Waals surface area contributed by atoms with Crippen LogP contribution in [0.25, 0.3) is 0 Å². The van der Waals surface area contributed by atoms with Crippen molar-refractivity contribution in [3.63, 3.8) is 0 Å². The summed E-state index contributed by atoms with van der Waals surface area (Å²) in [6.07, 6.45) is 1.54. The van der Waals surface area contributed by atoms with Crippen molar-refractivity contribution >= 4 is 26.3 Å². The van der Waals surface area contributed by atoms with Gasteiger partial charge in [0, 0.05) is 6.54 Å². The molecule has 0 bridgehead atoms. The molecule has 0 radical (unpaired) electrons. The standard InChI is InChI=1S/C4H9NO3S2/c1-3-5-4(9-2)10(6,7)8/h3H2,1-2H3,(H,6,7,8). The predicted octanol–water partition coefficient (Wildman–Crippen LogP) is 0.613. The van der Waals surface area contributed by atoms with Gasteiger partial charge < -0.3 is 0 Å². The molecule has 1 N–H and O–H groups in total. The molecule has 60 valence electrons. The molecule has 0 fully saturated rings. The summed E-state index contributed by atoms with van der Waals surface area (Å²) in [5.41, 5.74) is 0. The lowest BCUT2D eigenvalue weighted by molar-refractivity contribution is 0.499. The van der Waals surface area contributed by atoms with Crippen LogP contribution >= 0.6 is 11.8 Å². The van der Waals surface area contributed by atoms with Gasteiger partial charge in [-0.2, -0.15) is 8.42 Å². The number of aliphatic imine (C=N–C) groups is 1. The maximum Gasteiger partial charge on any atom is 0.318 e. The SMILES string of the molecule is CCN=C(SC)S(=O)(=O)O. The van der Waals surface area contributed by atoms with Gasteiger partial charge in [-0.15, -0.1) is 0 Å². The first-order valence-corrected chi connectivity index (χ1v) is 5.24. The third-order valence-corrected chi connectivity index (χ3v) is 2.86. The number of thioether (sulfide) groups is 1. The minimum Gasteiger partial charge on any atom is -0.280 e. The van der Waals surface area contributed by atoms with E-state index in [-0.39, 0.29) is 4.38 Å². The lowest BCUT2D eigenvalue weighted by Crippen LogP contribution is -2.09. The van der Waals surface area contributed by atoms with E-state index < -0.39 is 10.1 Å². The van der Waals surface area contributed by atoms with Crippen LogP contribution in [0.1, 0.15) is 6.92 Å². The van der Waals surface area contributed by atoms with Gasteiger partial charge in [-0.3, -0.25) is 9.55 Å². The van der Waals surface area contributed by atoms with Gasteiger partial charge in [-0.05, 0) is 13.2 Å². The smallest absolute Gasteiger partial charge is 0.280 e. The summed E-state index contributed by atoms with van der Waals surface area (Å²) >= 11 is 0.913. The summed E-state index contributed by atoms with van der Waals surface area (Å²) in [6, 6.07) is 0. The van der Waals surface area contributed by atoms with Crippen LogP contribution in [0.2, 0.25) is 0 Å². The molecule has 0 aliphatic rings. The summed E-state index contributed by atoms with van der Waals surface area (Å²) in [6.45, 7) is 2.05. The van der Waals surface area contributed by atoms with E-state index in [9.17, 15) is 8.42 Å². The summed E-state index contributed by atoms with van der Waals surface area (Å²) in [4.78, 5) is 3.56. The minimum atomic E-state index is -4.06. The Morgan fingerprint density at radius 3 is 2.30 bits per heavy atom. The number of rotatable bonds is 1. The van der Waals surface area contributed by atoms with Crippen molar-refractivity contribution in [3.05, 3.63) is 0 Å². The van der Waals surface area contributed by atoms with Gasteiger partial charge in [-0.1, -0.05) is 11.8 Å². The fourth-order valence-corrected chi connectivity index (χ4v) is 1.77. The molecule has 6 heteroatoms. The van der Waals surface area contributed by atoms with E-state index in [1.54, 1.807) is 13.2 Å². The Kier molecular flexibility index (Phi) is 3.92.